The van der Waals surface area contributed by atoms with E-state index < -0.39 is 0 Å². The average molecular weight is 495 g/mol. The van der Waals surface area contributed by atoms with Crippen LogP contribution in [0.4, 0.5) is 5.69 Å². The summed E-state index contributed by atoms with van der Waals surface area (Å²) < 4.78 is 28.0. The van der Waals surface area contributed by atoms with Crippen LogP contribution < -0.4 is 29.0 Å². The Morgan fingerprint density at radius 2 is 1.54 bits per heavy atom. The first kappa shape index (κ1) is 24.5. The van der Waals surface area contributed by atoms with Gasteiger partial charge in [0.25, 0.3) is 0 Å². The van der Waals surface area contributed by atoms with Gasteiger partial charge >= 0.3 is 0 Å². The Bertz CT molecular complexity index is 1170. The number of benzene rings is 3. The molecular weight excluding hydrogens is 464 g/mol. The van der Waals surface area contributed by atoms with E-state index in [0.29, 0.717) is 23.2 Å². The number of rotatable bonds is 8. The van der Waals surface area contributed by atoms with Crippen molar-refractivity contribution in [3.63, 3.8) is 0 Å². The summed E-state index contributed by atoms with van der Waals surface area (Å²) in [5.41, 5.74) is 3.14. The van der Waals surface area contributed by atoms with Gasteiger partial charge in [-0.2, -0.15) is 0 Å². The van der Waals surface area contributed by atoms with Crippen molar-refractivity contribution in [3.8, 4) is 28.7 Å². The normalized spacial score (nSPS) is 14.5. The number of anilines is 1. The molecular formula is C27H30N2O5S. The van der Waals surface area contributed by atoms with Gasteiger partial charge in [0.15, 0.2) is 16.6 Å². The van der Waals surface area contributed by atoms with E-state index in [2.05, 4.69) is 10.2 Å². The zero-order valence-electron chi connectivity index (χ0n) is 20.4. The molecule has 3 aromatic rings. The van der Waals surface area contributed by atoms with Crippen molar-refractivity contribution >= 4 is 23.0 Å². The molecule has 3 aromatic carbocycles. The lowest BCUT2D eigenvalue weighted by Gasteiger charge is -2.39. The number of nitrogens with zero attached hydrogens (tertiary/aromatic N) is 1. The summed E-state index contributed by atoms with van der Waals surface area (Å²) in [5.74, 6) is 3.69. The van der Waals surface area contributed by atoms with E-state index in [1.807, 2.05) is 60.7 Å². The number of hydrogen-bond donors (Lipinski definition) is 1. The van der Waals surface area contributed by atoms with E-state index in [1.54, 1.807) is 28.4 Å². The van der Waals surface area contributed by atoms with Crippen LogP contribution in [-0.2, 0) is 6.42 Å². The fourth-order valence-electron chi connectivity index (χ4n) is 4.19. The fraction of sp³-hybridized carbons (Fsp3) is 0.296. The molecule has 0 aromatic heterocycles. The first-order chi connectivity index (χ1) is 17.1. The molecule has 0 amide bonds. The van der Waals surface area contributed by atoms with Gasteiger partial charge in [0.1, 0.15) is 23.9 Å². The maximum atomic E-state index is 6.22. The average Bonchev–Trinajstić information content (AvgIpc) is 2.91. The van der Waals surface area contributed by atoms with E-state index in [0.717, 1.165) is 41.5 Å². The first-order valence-electron chi connectivity index (χ1n) is 11.3. The minimum atomic E-state index is -0.133. The molecule has 184 valence electrons. The van der Waals surface area contributed by atoms with Gasteiger partial charge in [0.05, 0.1) is 34.5 Å². The van der Waals surface area contributed by atoms with E-state index in [4.69, 9.17) is 35.9 Å². The minimum absolute atomic E-state index is 0.133. The molecule has 1 N–H and O–H groups in total. The summed E-state index contributed by atoms with van der Waals surface area (Å²) in [6, 6.07) is 19.2. The van der Waals surface area contributed by atoms with Crippen LogP contribution in [0.2, 0.25) is 0 Å². The zero-order valence-corrected chi connectivity index (χ0v) is 21.2. The highest BCUT2D eigenvalue weighted by Gasteiger charge is 2.31. The lowest BCUT2D eigenvalue weighted by Crippen LogP contribution is -2.44. The van der Waals surface area contributed by atoms with Gasteiger partial charge in [-0.3, -0.25) is 0 Å². The highest BCUT2D eigenvalue weighted by molar-refractivity contribution is 7.80. The van der Waals surface area contributed by atoms with Crippen LogP contribution in [0.1, 0.15) is 17.2 Å². The molecule has 1 atom stereocenters. The van der Waals surface area contributed by atoms with Crippen LogP contribution in [0.5, 0.6) is 28.7 Å². The molecule has 8 heteroatoms. The number of methoxy groups -OCH3 is 4. The molecule has 35 heavy (non-hydrogen) atoms. The summed E-state index contributed by atoms with van der Waals surface area (Å²) in [5, 5.41) is 3.97. The highest BCUT2D eigenvalue weighted by Crippen LogP contribution is 2.39. The van der Waals surface area contributed by atoms with Crippen LogP contribution in [-0.4, -0.2) is 51.6 Å². The monoisotopic (exact) mass is 494 g/mol. The Hall–Kier alpha value is -3.65. The first-order valence-corrected chi connectivity index (χ1v) is 11.7. The summed E-state index contributed by atoms with van der Waals surface area (Å²) >= 11 is 5.86. The molecule has 1 aliphatic heterocycles. The molecule has 1 aliphatic rings. The fourth-order valence-corrected chi connectivity index (χ4v) is 4.53. The highest BCUT2D eigenvalue weighted by atomic mass is 32.1. The molecule has 7 nitrogen and oxygen atoms in total. The second kappa shape index (κ2) is 11.2. The standard InChI is InChI=1S/C27H30N2O5S/c1-30-20-8-10-21(11-9-20)34-17-24-23-16-26(33-4)25(32-3)14-18(23)12-13-29(24)27(35)28-19-6-5-7-22(15-19)31-2/h5-11,14-16,24H,12-13,17H2,1-4H3,(H,28,35)/t24-/m1/s1. The van der Waals surface area contributed by atoms with Crippen molar-refractivity contribution in [2.45, 2.75) is 12.5 Å². The van der Waals surface area contributed by atoms with Gasteiger partial charge in [-0.1, -0.05) is 6.07 Å². The van der Waals surface area contributed by atoms with E-state index in [1.165, 1.54) is 5.56 Å². The Kier molecular flexibility index (Phi) is 7.82. The van der Waals surface area contributed by atoms with Crippen molar-refractivity contribution in [3.05, 3.63) is 71.8 Å². The van der Waals surface area contributed by atoms with Crippen LogP contribution in [0.3, 0.4) is 0 Å². The summed E-state index contributed by atoms with van der Waals surface area (Å²) in [6.07, 6.45) is 0.814. The largest absolute Gasteiger partial charge is 0.497 e. The Morgan fingerprint density at radius 3 is 2.23 bits per heavy atom. The second-order valence-corrected chi connectivity index (χ2v) is 8.40. The van der Waals surface area contributed by atoms with E-state index >= 15 is 0 Å². The van der Waals surface area contributed by atoms with Crippen LogP contribution in [0, 0.1) is 0 Å². The molecule has 1 heterocycles. The number of thiocarbonyl (C=S) groups is 1. The molecule has 4 rings (SSSR count). The molecule has 0 spiro atoms. The lowest BCUT2D eigenvalue weighted by molar-refractivity contribution is 0.190. The van der Waals surface area contributed by atoms with Crippen LogP contribution >= 0.6 is 12.2 Å². The van der Waals surface area contributed by atoms with Gasteiger partial charge in [-0.15, -0.1) is 0 Å². The third kappa shape index (κ3) is 5.54. The van der Waals surface area contributed by atoms with Crippen molar-refractivity contribution in [2.75, 3.05) is 46.9 Å². The summed E-state index contributed by atoms with van der Waals surface area (Å²) in [4.78, 5) is 2.16. The predicted molar refractivity (Wildman–Crippen MR) is 140 cm³/mol. The maximum Gasteiger partial charge on any atom is 0.174 e. The number of ether oxygens (including phenoxy) is 5. The van der Waals surface area contributed by atoms with Gasteiger partial charge in [0.2, 0.25) is 0 Å². The predicted octanol–water partition coefficient (Wildman–Crippen LogP) is 5.10. The van der Waals surface area contributed by atoms with Gasteiger partial charge in [-0.05, 0) is 78.3 Å². The third-order valence-corrected chi connectivity index (χ3v) is 6.39. The van der Waals surface area contributed by atoms with Gasteiger partial charge < -0.3 is 33.9 Å². The second-order valence-electron chi connectivity index (χ2n) is 8.01. The van der Waals surface area contributed by atoms with Gasteiger partial charge in [0, 0.05) is 18.3 Å². The zero-order chi connectivity index (χ0) is 24.8. The Labute approximate surface area is 211 Å². The van der Waals surface area contributed by atoms with Crippen molar-refractivity contribution in [1.82, 2.24) is 4.90 Å². The minimum Gasteiger partial charge on any atom is -0.497 e. The Morgan fingerprint density at radius 1 is 0.857 bits per heavy atom. The summed E-state index contributed by atoms with van der Waals surface area (Å²) in [6.45, 7) is 1.13. The number of fused-ring (bicyclic) bond motifs is 1. The van der Waals surface area contributed by atoms with E-state index in [-0.39, 0.29) is 6.04 Å². The van der Waals surface area contributed by atoms with Crippen molar-refractivity contribution in [2.24, 2.45) is 0 Å². The number of hydrogen-bond acceptors (Lipinski definition) is 6. The molecule has 0 unspecified atom stereocenters. The molecule has 0 bridgehead atoms. The third-order valence-electron chi connectivity index (χ3n) is 6.05. The molecule has 0 saturated carbocycles. The van der Waals surface area contributed by atoms with Gasteiger partial charge in [-0.25, -0.2) is 0 Å². The molecule has 0 radical (unpaired) electrons. The topological polar surface area (TPSA) is 61.4 Å². The quantitative estimate of drug-likeness (QED) is 0.434. The molecule has 0 aliphatic carbocycles. The SMILES string of the molecule is COc1ccc(OC[C@@H]2c3cc(OC)c(OC)cc3CCN2C(=S)Nc2cccc(OC)c2)cc1. The lowest BCUT2D eigenvalue weighted by atomic mass is 9.92. The van der Waals surface area contributed by atoms with Crippen molar-refractivity contribution < 1.29 is 23.7 Å². The molecule has 0 saturated heterocycles. The number of nitrogens with one attached hydrogen (secondary N) is 1. The molecule has 0 fully saturated rings. The van der Waals surface area contributed by atoms with E-state index in [9.17, 15) is 0 Å². The van der Waals surface area contributed by atoms with Crippen LogP contribution in [0.15, 0.2) is 60.7 Å². The smallest absolute Gasteiger partial charge is 0.174 e. The maximum absolute atomic E-state index is 6.22. The Balaban J connectivity index is 1.62. The van der Waals surface area contributed by atoms with Crippen LogP contribution in [0.25, 0.3) is 0 Å². The summed E-state index contributed by atoms with van der Waals surface area (Å²) in [7, 11) is 6.58. The van der Waals surface area contributed by atoms with Crippen molar-refractivity contribution in [1.29, 1.82) is 0 Å².